The van der Waals surface area contributed by atoms with Crippen molar-refractivity contribution in [1.29, 1.82) is 0 Å². The van der Waals surface area contributed by atoms with E-state index in [-0.39, 0.29) is 16.1 Å². The number of sulfonamides is 1. The lowest BCUT2D eigenvalue weighted by Crippen LogP contribution is -2.48. The third kappa shape index (κ3) is 4.87. The summed E-state index contributed by atoms with van der Waals surface area (Å²) in [5, 5.41) is 13.7. The van der Waals surface area contributed by atoms with Gasteiger partial charge in [0, 0.05) is 61.5 Å². The normalized spacial score (nSPS) is 14.6. The van der Waals surface area contributed by atoms with Crippen LogP contribution >= 0.6 is 0 Å². The summed E-state index contributed by atoms with van der Waals surface area (Å²) >= 11 is 0. The van der Waals surface area contributed by atoms with E-state index in [2.05, 4.69) is 15.3 Å². The summed E-state index contributed by atoms with van der Waals surface area (Å²) in [4.78, 5) is 33.5. The number of carbonyl (C=O) groups excluding carboxylic acids is 1. The topological polar surface area (TPSA) is 139 Å². The van der Waals surface area contributed by atoms with Gasteiger partial charge in [0.15, 0.2) is 0 Å². The quantitative estimate of drug-likeness (QED) is 0.418. The predicted octanol–water partition coefficient (Wildman–Crippen LogP) is 2.46. The number of nitro groups is 1. The van der Waals surface area contributed by atoms with E-state index in [1.807, 2.05) is 4.90 Å². The number of nitro benzene ring substituents is 1. The smallest absolute Gasteiger partial charge is 0.273 e. The number of hydrogen-bond donors (Lipinski definition) is 1. The van der Waals surface area contributed by atoms with Crippen molar-refractivity contribution in [3.8, 4) is 0 Å². The van der Waals surface area contributed by atoms with Gasteiger partial charge >= 0.3 is 0 Å². The van der Waals surface area contributed by atoms with E-state index in [1.165, 1.54) is 46.8 Å². The summed E-state index contributed by atoms with van der Waals surface area (Å²) in [7, 11) is -3.70. The Morgan fingerprint density at radius 2 is 1.76 bits per heavy atom. The van der Waals surface area contributed by atoms with Gasteiger partial charge in [-0.05, 0) is 37.3 Å². The number of nitrogens with one attached hydrogen (secondary N) is 1. The van der Waals surface area contributed by atoms with Crippen LogP contribution in [0.1, 0.15) is 15.9 Å². The minimum atomic E-state index is -3.70. The monoisotopic (exact) mass is 482 g/mol. The number of hydrogen-bond acceptors (Lipinski definition) is 8. The van der Waals surface area contributed by atoms with Crippen molar-refractivity contribution in [2.45, 2.75) is 11.8 Å². The molecule has 2 heterocycles. The fraction of sp³-hybridized carbons (Fsp3) is 0.227. The molecule has 176 valence electrons. The summed E-state index contributed by atoms with van der Waals surface area (Å²) in [6.45, 7) is 3.20. The number of carbonyl (C=O) groups is 1. The summed E-state index contributed by atoms with van der Waals surface area (Å²) in [5.74, 6) is 0.178. The Morgan fingerprint density at radius 3 is 2.38 bits per heavy atom. The van der Waals surface area contributed by atoms with E-state index in [9.17, 15) is 23.3 Å². The second kappa shape index (κ2) is 9.53. The van der Waals surface area contributed by atoms with E-state index in [0.717, 1.165) is 0 Å². The molecule has 2 aromatic carbocycles. The summed E-state index contributed by atoms with van der Waals surface area (Å²) in [6.07, 6.45) is 4.83. The number of aryl methyl sites for hydroxylation is 1. The van der Waals surface area contributed by atoms with E-state index in [1.54, 1.807) is 25.5 Å². The molecule has 0 spiro atoms. The lowest BCUT2D eigenvalue weighted by Gasteiger charge is -2.34. The highest BCUT2D eigenvalue weighted by Gasteiger charge is 2.29. The highest BCUT2D eigenvalue weighted by atomic mass is 32.2. The Labute approximate surface area is 196 Å². The largest absolute Gasteiger partial charge is 0.353 e. The molecule has 11 nitrogen and oxygen atoms in total. The van der Waals surface area contributed by atoms with Crippen molar-refractivity contribution in [2.24, 2.45) is 0 Å². The molecule has 12 heteroatoms. The first-order valence-electron chi connectivity index (χ1n) is 10.4. The first kappa shape index (κ1) is 23.3. The van der Waals surface area contributed by atoms with Crippen molar-refractivity contribution in [3.63, 3.8) is 0 Å². The summed E-state index contributed by atoms with van der Waals surface area (Å²) in [5.41, 5.74) is 0.816. The van der Waals surface area contributed by atoms with Crippen LogP contribution in [0.25, 0.3) is 0 Å². The zero-order valence-corrected chi connectivity index (χ0v) is 19.1. The second-order valence-corrected chi connectivity index (χ2v) is 9.63. The highest BCUT2D eigenvalue weighted by molar-refractivity contribution is 7.89. The SMILES string of the molecule is Cc1ccc(C(=O)Nc2ccc(S(=O)(=O)N3CCN(c4cnccn4)CC3)cc2)cc1[N+](=O)[O-]. The van der Waals surface area contributed by atoms with Gasteiger partial charge in [0.05, 0.1) is 16.0 Å². The zero-order valence-electron chi connectivity index (χ0n) is 18.3. The van der Waals surface area contributed by atoms with Gasteiger partial charge in [0.1, 0.15) is 5.82 Å². The molecule has 1 aliphatic heterocycles. The fourth-order valence-electron chi connectivity index (χ4n) is 3.62. The van der Waals surface area contributed by atoms with Crippen molar-refractivity contribution < 1.29 is 18.1 Å². The Balaban J connectivity index is 1.41. The van der Waals surface area contributed by atoms with Gasteiger partial charge in [-0.3, -0.25) is 19.9 Å². The fourth-order valence-corrected chi connectivity index (χ4v) is 5.04. The molecule has 4 rings (SSSR count). The maximum Gasteiger partial charge on any atom is 0.273 e. The van der Waals surface area contributed by atoms with Crippen LogP contribution in [0, 0.1) is 17.0 Å². The van der Waals surface area contributed by atoms with Crippen LogP contribution in [0.3, 0.4) is 0 Å². The molecular formula is C22H22N6O5S. The second-order valence-electron chi connectivity index (χ2n) is 7.69. The van der Waals surface area contributed by atoms with Crippen molar-refractivity contribution in [1.82, 2.24) is 14.3 Å². The first-order valence-corrected chi connectivity index (χ1v) is 11.9. The van der Waals surface area contributed by atoms with Crippen LogP contribution in [-0.2, 0) is 10.0 Å². The van der Waals surface area contributed by atoms with E-state index >= 15 is 0 Å². The minimum absolute atomic E-state index is 0.115. The van der Waals surface area contributed by atoms with Crippen LogP contribution in [0.15, 0.2) is 66.0 Å². The molecule has 3 aromatic rings. The number of benzene rings is 2. The Kier molecular flexibility index (Phi) is 6.52. The molecule has 0 unspecified atom stereocenters. The zero-order chi connectivity index (χ0) is 24.3. The van der Waals surface area contributed by atoms with Gasteiger partial charge in [-0.15, -0.1) is 0 Å². The molecule has 1 N–H and O–H groups in total. The molecule has 0 atom stereocenters. The van der Waals surface area contributed by atoms with Crippen LogP contribution in [0.4, 0.5) is 17.2 Å². The van der Waals surface area contributed by atoms with E-state index in [0.29, 0.717) is 43.2 Å². The van der Waals surface area contributed by atoms with Crippen LogP contribution in [0.2, 0.25) is 0 Å². The van der Waals surface area contributed by atoms with Gasteiger partial charge in [-0.25, -0.2) is 13.4 Å². The standard InChI is InChI=1S/C22H22N6O5S/c1-16-2-3-17(14-20(16)28(30)31)22(29)25-18-4-6-19(7-5-18)34(32,33)27-12-10-26(11-13-27)21-15-23-8-9-24-21/h2-9,14-15H,10-13H2,1H3,(H,25,29). The van der Waals surface area contributed by atoms with E-state index < -0.39 is 20.9 Å². The number of nitrogens with zero attached hydrogens (tertiary/aromatic N) is 5. The van der Waals surface area contributed by atoms with Gasteiger partial charge < -0.3 is 10.2 Å². The summed E-state index contributed by atoms with van der Waals surface area (Å²) < 4.78 is 27.5. The van der Waals surface area contributed by atoms with Crippen LogP contribution < -0.4 is 10.2 Å². The number of amides is 1. The summed E-state index contributed by atoms with van der Waals surface area (Å²) in [6, 6.07) is 10.1. The minimum Gasteiger partial charge on any atom is -0.353 e. The van der Waals surface area contributed by atoms with Gasteiger partial charge in [0.25, 0.3) is 11.6 Å². The molecule has 0 radical (unpaired) electrons. The lowest BCUT2D eigenvalue weighted by molar-refractivity contribution is -0.385. The molecule has 0 aliphatic carbocycles. The number of aromatic nitrogens is 2. The molecule has 34 heavy (non-hydrogen) atoms. The molecule has 1 aromatic heterocycles. The van der Waals surface area contributed by atoms with Gasteiger partial charge in [-0.2, -0.15) is 4.31 Å². The molecule has 1 amide bonds. The molecule has 1 aliphatic rings. The molecular weight excluding hydrogens is 460 g/mol. The van der Waals surface area contributed by atoms with Crippen LogP contribution in [0.5, 0.6) is 0 Å². The van der Waals surface area contributed by atoms with Crippen molar-refractivity contribution >= 4 is 33.1 Å². The molecule has 1 fully saturated rings. The predicted molar refractivity (Wildman–Crippen MR) is 125 cm³/mol. The van der Waals surface area contributed by atoms with Crippen LogP contribution in [-0.4, -0.2) is 59.7 Å². The first-order chi connectivity index (χ1) is 16.3. The van der Waals surface area contributed by atoms with E-state index in [4.69, 9.17) is 0 Å². The molecule has 0 bridgehead atoms. The number of rotatable bonds is 6. The lowest BCUT2D eigenvalue weighted by atomic mass is 10.1. The maximum absolute atomic E-state index is 13.0. The molecule has 1 saturated heterocycles. The Hall–Kier alpha value is -3.90. The highest BCUT2D eigenvalue weighted by Crippen LogP contribution is 2.23. The Bertz CT molecular complexity index is 1310. The number of piperazine rings is 1. The third-order valence-electron chi connectivity index (χ3n) is 5.53. The maximum atomic E-state index is 13.0. The van der Waals surface area contributed by atoms with Crippen molar-refractivity contribution in [3.05, 3.63) is 82.3 Å². The Morgan fingerprint density at radius 1 is 1.06 bits per heavy atom. The van der Waals surface area contributed by atoms with Crippen molar-refractivity contribution in [2.75, 3.05) is 36.4 Å². The number of anilines is 2. The molecule has 0 saturated carbocycles. The van der Waals surface area contributed by atoms with Gasteiger partial charge in [-0.1, -0.05) is 6.07 Å². The third-order valence-corrected chi connectivity index (χ3v) is 7.44. The average molecular weight is 483 g/mol. The average Bonchev–Trinajstić information content (AvgIpc) is 2.85. The van der Waals surface area contributed by atoms with Gasteiger partial charge in [0.2, 0.25) is 10.0 Å².